The van der Waals surface area contributed by atoms with Gasteiger partial charge in [0.1, 0.15) is 10.6 Å². The molecule has 2 N–H and O–H groups in total. The highest BCUT2D eigenvalue weighted by Crippen LogP contribution is 2.43. The van der Waals surface area contributed by atoms with Gasteiger partial charge in [0, 0.05) is 4.47 Å². The maximum absolute atomic E-state index is 5.96. The molecule has 0 aliphatic heterocycles. The van der Waals surface area contributed by atoms with E-state index in [1.807, 2.05) is 35.7 Å². The highest BCUT2D eigenvalue weighted by molar-refractivity contribution is 9.10. The predicted octanol–water partition coefficient (Wildman–Crippen LogP) is 4.42. The minimum atomic E-state index is 0.369. The quantitative estimate of drug-likeness (QED) is 0.759. The summed E-state index contributed by atoms with van der Waals surface area (Å²) >= 11 is 4.99. The molecule has 0 amide bonds. The molecule has 2 aromatic heterocycles. The van der Waals surface area contributed by atoms with Crippen LogP contribution in [0.25, 0.3) is 21.8 Å². The van der Waals surface area contributed by atoms with E-state index in [1.54, 1.807) is 7.11 Å². The third-order valence-electron chi connectivity index (χ3n) is 2.89. The zero-order valence-corrected chi connectivity index (χ0v) is 13.0. The summed E-state index contributed by atoms with van der Waals surface area (Å²) in [4.78, 5) is 0.881. The number of nitrogens with two attached hydrogens (primary N) is 1. The first-order valence-electron chi connectivity index (χ1n) is 5.83. The van der Waals surface area contributed by atoms with Crippen LogP contribution in [0.1, 0.15) is 0 Å². The molecule has 0 saturated heterocycles. The number of hydrogen-bond acceptors (Lipinski definition) is 5. The summed E-state index contributed by atoms with van der Waals surface area (Å²) in [5.41, 5.74) is 7.70. The second kappa shape index (κ2) is 5.30. The summed E-state index contributed by atoms with van der Waals surface area (Å²) in [7, 11) is 1.63. The molecule has 0 spiro atoms. The Morgan fingerprint density at radius 2 is 2.20 bits per heavy atom. The van der Waals surface area contributed by atoms with Crippen LogP contribution in [0.3, 0.4) is 0 Å². The van der Waals surface area contributed by atoms with E-state index in [1.165, 1.54) is 11.3 Å². The van der Waals surface area contributed by atoms with E-state index in [9.17, 15) is 0 Å². The van der Waals surface area contributed by atoms with Crippen molar-refractivity contribution in [1.82, 2.24) is 5.16 Å². The number of halogens is 1. The lowest BCUT2D eigenvalue weighted by atomic mass is 10.1. The fourth-order valence-electron chi connectivity index (χ4n) is 2.00. The standard InChI is InChI=1S/C14H11BrN2O2S/c1-18-10-5-6-20-13(10)12-11(14(16)17-19-12)8-3-2-4-9(15)7-8/h2-7H,1H3,(H2,16,17). The van der Waals surface area contributed by atoms with Gasteiger partial charge >= 0.3 is 0 Å². The summed E-state index contributed by atoms with van der Waals surface area (Å²) in [6, 6.07) is 9.74. The van der Waals surface area contributed by atoms with E-state index in [0.717, 1.165) is 26.2 Å². The van der Waals surface area contributed by atoms with Crippen molar-refractivity contribution in [3.63, 3.8) is 0 Å². The lowest BCUT2D eigenvalue weighted by Gasteiger charge is -2.04. The number of aromatic nitrogens is 1. The van der Waals surface area contributed by atoms with Crippen molar-refractivity contribution in [2.45, 2.75) is 0 Å². The molecular weight excluding hydrogens is 340 g/mol. The number of anilines is 1. The average Bonchev–Trinajstić information content (AvgIpc) is 3.04. The molecule has 0 aliphatic carbocycles. The topological polar surface area (TPSA) is 61.3 Å². The Morgan fingerprint density at radius 3 is 2.95 bits per heavy atom. The van der Waals surface area contributed by atoms with Crippen LogP contribution in [0.4, 0.5) is 5.82 Å². The molecule has 0 bridgehead atoms. The first-order valence-corrected chi connectivity index (χ1v) is 7.51. The summed E-state index contributed by atoms with van der Waals surface area (Å²) in [5.74, 6) is 1.75. The molecule has 3 rings (SSSR count). The molecule has 3 aromatic rings. The van der Waals surface area contributed by atoms with Gasteiger partial charge in [-0.3, -0.25) is 0 Å². The van der Waals surface area contributed by atoms with Gasteiger partial charge in [0.2, 0.25) is 0 Å². The molecule has 2 heterocycles. The van der Waals surface area contributed by atoms with Gasteiger partial charge in [-0.15, -0.1) is 11.3 Å². The van der Waals surface area contributed by atoms with Gasteiger partial charge in [-0.05, 0) is 29.1 Å². The van der Waals surface area contributed by atoms with E-state index < -0.39 is 0 Å². The summed E-state index contributed by atoms with van der Waals surface area (Å²) in [6.07, 6.45) is 0. The smallest absolute Gasteiger partial charge is 0.190 e. The van der Waals surface area contributed by atoms with Gasteiger partial charge in [-0.25, -0.2) is 0 Å². The first-order chi connectivity index (χ1) is 9.70. The zero-order valence-electron chi connectivity index (χ0n) is 10.6. The molecule has 0 saturated carbocycles. The molecule has 6 heteroatoms. The third-order valence-corrected chi connectivity index (χ3v) is 4.27. The second-order valence-corrected chi connectivity index (χ2v) is 5.93. The fraction of sp³-hybridized carbons (Fsp3) is 0.0714. The minimum absolute atomic E-state index is 0.369. The lowest BCUT2D eigenvalue weighted by molar-refractivity contribution is 0.409. The van der Waals surface area contributed by atoms with Crippen molar-refractivity contribution >= 4 is 33.1 Å². The molecule has 0 atom stereocenters. The Balaban J connectivity index is 2.20. The van der Waals surface area contributed by atoms with Gasteiger partial charge in [-0.2, -0.15) is 0 Å². The Hall–Kier alpha value is -1.79. The maximum atomic E-state index is 5.96. The van der Waals surface area contributed by atoms with Gasteiger partial charge in [-0.1, -0.05) is 33.2 Å². The van der Waals surface area contributed by atoms with Crippen molar-refractivity contribution in [1.29, 1.82) is 0 Å². The SMILES string of the molecule is COc1ccsc1-c1onc(N)c1-c1cccc(Br)c1. The lowest BCUT2D eigenvalue weighted by Crippen LogP contribution is -1.89. The predicted molar refractivity (Wildman–Crippen MR) is 83.9 cm³/mol. The van der Waals surface area contributed by atoms with Gasteiger partial charge in [0.05, 0.1) is 12.7 Å². The van der Waals surface area contributed by atoms with Crippen molar-refractivity contribution in [3.05, 3.63) is 40.2 Å². The summed E-state index contributed by atoms with van der Waals surface area (Å²) in [5, 5.41) is 5.83. The van der Waals surface area contributed by atoms with Crippen LogP contribution in [0.5, 0.6) is 5.75 Å². The van der Waals surface area contributed by atoms with Crippen molar-refractivity contribution in [2.75, 3.05) is 12.8 Å². The van der Waals surface area contributed by atoms with E-state index in [-0.39, 0.29) is 0 Å². The number of rotatable bonds is 3. The average molecular weight is 351 g/mol. The zero-order chi connectivity index (χ0) is 14.1. The summed E-state index contributed by atoms with van der Waals surface area (Å²) in [6.45, 7) is 0. The number of benzene rings is 1. The number of nitrogens with zero attached hydrogens (tertiary/aromatic N) is 1. The van der Waals surface area contributed by atoms with Crippen LogP contribution in [-0.2, 0) is 0 Å². The van der Waals surface area contributed by atoms with Crippen LogP contribution in [0.2, 0.25) is 0 Å². The molecule has 1 aromatic carbocycles. The van der Waals surface area contributed by atoms with E-state index >= 15 is 0 Å². The van der Waals surface area contributed by atoms with Crippen LogP contribution in [0, 0.1) is 0 Å². The van der Waals surface area contributed by atoms with Crippen molar-refractivity contribution < 1.29 is 9.26 Å². The van der Waals surface area contributed by atoms with Crippen LogP contribution in [-0.4, -0.2) is 12.3 Å². The fourth-order valence-corrected chi connectivity index (χ4v) is 3.25. The van der Waals surface area contributed by atoms with Crippen molar-refractivity contribution in [3.8, 4) is 27.5 Å². The van der Waals surface area contributed by atoms with Gasteiger partial charge < -0.3 is 15.0 Å². The largest absolute Gasteiger partial charge is 0.495 e. The second-order valence-electron chi connectivity index (χ2n) is 4.10. The van der Waals surface area contributed by atoms with Gasteiger partial charge in [0.15, 0.2) is 11.6 Å². The number of thiophene rings is 1. The van der Waals surface area contributed by atoms with Crippen LogP contribution < -0.4 is 10.5 Å². The Morgan fingerprint density at radius 1 is 1.35 bits per heavy atom. The monoisotopic (exact) mass is 350 g/mol. The molecule has 4 nitrogen and oxygen atoms in total. The molecule has 0 unspecified atom stereocenters. The third kappa shape index (κ3) is 2.21. The number of ether oxygens (including phenoxy) is 1. The number of methoxy groups -OCH3 is 1. The highest BCUT2D eigenvalue weighted by atomic mass is 79.9. The van der Waals surface area contributed by atoms with Crippen LogP contribution >= 0.6 is 27.3 Å². The Bertz CT molecular complexity index is 751. The summed E-state index contributed by atoms with van der Waals surface area (Å²) < 4.78 is 11.7. The van der Waals surface area contributed by atoms with E-state index in [0.29, 0.717) is 11.6 Å². The maximum Gasteiger partial charge on any atom is 0.190 e. The van der Waals surface area contributed by atoms with Crippen molar-refractivity contribution in [2.24, 2.45) is 0 Å². The van der Waals surface area contributed by atoms with Gasteiger partial charge in [0.25, 0.3) is 0 Å². The Kier molecular flexibility index (Phi) is 3.50. The number of nitrogen functional groups attached to an aromatic ring is 1. The molecule has 0 radical (unpaired) electrons. The van der Waals surface area contributed by atoms with E-state index in [4.69, 9.17) is 15.0 Å². The molecule has 0 fully saturated rings. The normalized spacial score (nSPS) is 10.7. The molecule has 0 aliphatic rings. The molecule has 102 valence electrons. The first kappa shape index (κ1) is 13.2. The molecular formula is C14H11BrN2O2S. The van der Waals surface area contributed by atoms with Crippen LogP contribution in [0.15, 0.2) is 44.7 Å². The number of hydrogen-bond donors (Lipinski definition) is 1. The molecule has 20 heavy (non-hydrogen) atoms. The highest BCUT2D eigenvalue weighted by Gasteiger charge is 2.21. The van der Waals surface area contributed by atoms with E-state index in [2.05, 4.69) is 21.1 Å². The Labute approximate surface area is 128 Å². The minimum Gasteiger partial charge on any atom is -0.495 e.